The Hall–Kier alpha value is -2.83. The SMILES string of the molecule is O=C(OCc1ccccc1)OC1=CC(=O)C2C(c3c(Cl)cccc3Cl)=NOC12. The third-order valence-electron chi connectivity index (χ3n) is 4.35. The lowest BCUT2D eigenvalue weighted by molar-refractivity contribution is -0.117. The van der Waals surface area contributed by atoms with Crippen LogP contribution in [0.25, 0.3) is 0 Å². The van der Waals surface area contributed by atoms with Crippen LogP contribution in [0.3, 0.4) is 0 Å². The van der Waals surface area contributed by atoms with E-state index < -0.39 is 18.2 Å². The van der Waals surface area contributed by atoms with Gasteiger partial charge in [0.25, 0.3) is 0 Å². The average Bonchev–Trinajstić information content (AvgIpc) is 3.23. The van der Waals surface area contributed by atoms with Gasteiger partial charge >= 0.3 is 6.16 Å². The predicted molar refractivity (Wildman–Crippen MR) is 102 cm³/mol. The first kappa shape index (κ1) is 18.5. The molecule has 0 saturated carbocycles. The molecular formula is C20H13Cl2NO5. The number of carbonyl (C=O) groups is 2. The molecule has 0 bridgehead atoms. The number of halogens is 2. The highest BCUT2D eigenvalue weighted by atomic mass is 35.5. The molecule has 28 heavy (non-hydrogen) atoms. The molecule has 0 N–H and O–H groups in total. The van der Waals surface area contributed by atoms with Crippen molar-refractivity contribution in [2.45, 2.75) is 12.7 Å². The summed E-state index contributed by atoms with van der Waals surface area (Å²) in [5, 5.41) is 4.66. The molecule has 0 saturated heterocycles. The van der Waals surface area contributed by atoms with Gasteiger partial charge in [0.05, 0.1) is 10.0 Å². The highest BCUT2D eigenvalue weighted by Gasteiger charge is 2.49. The third kappa shape index (κ3) is 3.48. The van der Waals surface area contributed by atoms with Gasteiger partial charge in [-0.2, -0.15) is 0 Å². The van der Waals surface area contributed by atoms with E-state index in [4.69, 9.17) is 37.5 Å². The summed E-state index contributed by atoms with van der Waals surface area (Å²) in [6.45, 7) is 0.0484. The third-order valence-corrected chi connectivity index (χ3v) is 4.98. The van der Waals surface area contributed by atoms with Gasteiger partial charge in [0, 0.05) is 11.6 Å². The van der Waals surface area contributed by atoms with Gasteiger partial charge in [-0.1, -0.05) is 64.8 Å². The summed E-state index contributed by atoms with van der Waals surface area (Å²) < 4.78 is 10.3. The minimum atomic E-state index is -0.934. The number of oxime groups is 1. The molecule has 2 aromatic rings. The number of benzene rings is 2. The molecule has 0 radical (unpaired) electrons. The highest BCUT2D eigenvalue weighted by molar-refractivity contribution is 6.41. The van der Waals surface area contributed by atoms with Crippen LogP contribution >= 0.6 is 23.2 Å². The number of hydrogen-bond acceptors (Lipinski definition) is 6. The largest absolute Gasteiger partial charge is 0.514 e. The lowest BCUT2D eigenvalue weighted by Gasteiger charge is -2.13. The van der Waals surface area contributed by atoms with Gasteiger partial charge in [0.15, 0.2) is 11.5 Å². The van der Waals surface area contributed by atoms with Gasteiger partial charge in [-0.25, -0.2) is 4.79 Å². The normalized spacial score (nSPS) is 20.1. The zero-order valence-corrected chi connectivity index (χ0v) is 15.8. The number of ketones is 1. The molecule has 0 aromatic heterocycles. The molecule has 0 fully saturated rings. The van der Waals surface area contributed by atoms with Crippen LogP contribution in [0.4, 0.5) is 4.79 Å². The van der Waals surface area contributed by atoms with E-state index in [2.05, 4.69) is 5.16 Å². The molecule has 0 amide bonds. The molecule has 6 nitrogen and oxygen atoms in total. The van der Waals surface area contributed by atoms with Gasteiger partial charge < -0.3 is 14.3 Å². The molecule has 1 aliphatic carbocycles. The Labute approximate surface area is 170 Å². The fourth-order valence-corrected chi connectivity index (χ4v) is 3.65. The van der Waals surface area contributed by atoms with Crippen molar-refractivity contribution in [2.24, 2.45) is 11.1 Å². The first-order chi connectivity index (χ1) is 13.5. The van der Waals surface area contributed by atoms with Crippen molar-refractivity contribution < 1.29 is 23.9 Å². The standard InChI is InChI=1S/C20H13Cl2NO5/c21-12-7-4-8-13(22)16(12)18-17-14(24)9-15(19(17)28-23-18)27-20(25)26-10-11-5-2-1-3-6-11/h1-9,17,19H,10H2. The number of allylic oxidation sites excluding steroid dienone is 1. The van der Waals surface area contributed by atoms with Crippen LogP contribution in [0, 0.1) is 5.92 Å². The predicted octanol–water partition coefficient (Wildman–Crippen LogP) is 4.53. The second-order valence-corrected chi connectivity index (χ2v) is 6.97. The zero-order chi connectivity index (χ0) is 19.7. The van der Waals surface area contributed by atoms with Crippen molar-refractivity contribution in [2.75, 3.05) is 0 Å². The quantitative estimate of drug-likeness (QED) is 0.682. The number of nitrogens with zero attached hydrogens (tertiary/aromatic N) is 1. The second-order valence-electron chi connectivity index (χ2n) is 6.15. The first-order valence-corrected chi connectivity index (χ1v) is 9.12. The molecule has 2 atom stereocenters. The number of rotatable bonds is 4. The van der Waals surface area contributed by atoms with E-state index in [1.807, 2.05) is 30.3 Å². The Morgan fingerprint density at radius 3 is 2.50 bits per heavy atom. The Morgan fingerprint density at radius 2 is 1.79 bits per heavy atom. The van der Waals surface area contributed by atoms with Crippen molar-refractivity contribution >= 4 is 40.9 Å². The van der Waals surface area contributed by atoms with Crippen LogP contribution < -0.4 is 0 Å². The van der Waals surface area contributed by atoms with Crippen molar-refractivity contribution in [1.82, 2.24) is 0 Å². The van der Waals surface area contributed by atoms with Crippen LogP contribution in [0.1, 0.15) is 11.1 Å². The lowest BCUT2D eigenvalue weighted by atomic mass is 9.92. The summed E-state index contributed by atoms with van der Waals surface area (Å²) in [6.07, 6.45) is -0.589. The summed E-state index contributed by atoms with van der Waals surface area (Å²) in [5.41, 5.74) is 1.54. The van der Waals surface area contributed by atoms with Crippen molar-refractivity contribution in [3.05, 3.63) is 81.5 Å². The summed E-state index contributed by atoms with van der Waals surface area (Å²) in [5.74, 6) is -1.06. The summed E-state index contributed by atoms with van der Waals surface area (Å²) in [7, 11) is 0. The second kappa shape index (κ2) is 7.66. The molecule has 1 aliphatic heterocycles. The molecule has 0 spiro atoms. The number of hydrogen-bond donors (Lipinski definition) is 0. The van der Waals surface area contributed by atoms with Crippen LogP contribution in [-0.2, 0) is 25.7 Å². The van der Waals surface area contributed by atoms with Gasteiger partial charge in [0.1, 0.15) is 18.2 Å². The summed E-state index contributed by atoms with van der Waals surface area (Å²) in [6, 6.07) is 14.1. The maximum Gasteiger partial charge on any atom is 0.514 e. The summed E-state index contributed by atoms with van der Waals surface area (Å²) >= 11 is 12.4. The van der Waals surface area contributed by atoms with E-state index in [1.54, 1.807) is 18.2 Å². The van der Waals surface area contributed by atoms with Gasteiger partial charge in [-0.15, -0.1) is 0 Å². The van der Waals surface area contributed by atoms with E-state index in [0.29, 0.717) is 21.3 Å². The van der Waals surface area contributed by atoms with Crippen molar-refractivity contribution in [3.63, 3.8) is 0 Å². The summed E-state index contributed by atoms with van der Waals surface area (Å²) in [4.78, 5) is 29.8. The Kier molecular flexibility index (Phi) is 5.07. The minimum Gasteiger partial charge on any atom is -0.429 e. The van der Waals surface area contributed by atoms with Gasteiger partial charge in [-0.3, -0.25) is 4.79 Å². The molecular weight excluding hydrogens is 405 g/mol. The average molecular weight is 418 g/mol. The molecule has 2 unspecified atom stereocenters. The number of ether oxygens (including phenoxy) is 2. The van der Waals surface area contributed by atoms with E-state index in [0.717, 1.165) is 5.56 Å². The van der Waals surface area contributed by atoms with Crippen molar-refractivity contribution in [1.29, 1.82) is 0 Å². The van der Waals surface area contributed by atoms with Gasteiger partial charge in [-0.05, 0) is 17.7 Å². The van der Waals surface area contributed by atoms with Crippen LogP contribution in [0.15, 0.2) is 65.5 Å². The maximum absolute atomic E-state index is 12.5. The monoisotopic (exact) mass is 417 g/mol. The topological polar surface area (TPSA) is 74.2 Å². The Balaban J connectivity index is 1.45. The number of carbonyl (C=O) groups excluding carboxylic acids is 2. The smallest absolute Gasteiger partial charge is 0.429 e. The highest BCUT2D eigenvalue weighted by Crippen LogP contribution is 2.38. The van der Waals surface area contributed by atoms with E-state index in [1.165, 1.54) is 6.08 Å². The molecule has 2 aromatic carbocycles. The number of fused-ring (bicyclic) bond motifs is 1. The van der Waals surface area contributed by atoms with E-state index in [9.17, 15) is 9.59 Å². The van der Waals surface area contributed by atoms with E-state index >= 15 is 0 Å². The first-order valence-electron chi connectivity index (χ1n) is 8.36. The van der Waals surface area contributed by atoms with E-state index in [-0.39, 0.29) is 18.1 Å². The Bertz CT molecular complexity index is 983. The van der Waals surface area contributed by atoms with Crippen LogP contribution in [0.5, 0.6) is 0 Å². The van der Waals surface area contributed by atoms with Crippen molar-refractivity contribution in [3.8, 4) is 0 Å². The Morgan fingerprint density at radius 1 is 1.07 bits per heavy atom. The van der Waals surface area contributed by atoms with Crippen LogP contribution in [0.2, 0.25) is 10.0 Å². The fourth-order valence-electron chi connectivity index (χ4n) is 3.06. The molecule has 1 heterocycles. The zero-order valence-electron chi connectivity index (χ0n) is 14.3. The van der Waals surface area contributed by atoms with Crippen LogP contribution in [-0.4, -0.2) is 23.8 Å². The molecule has 142 valence electrons. The maximum atomic E-state index is 12.5. The fraction of sp³-hybridized carbons (Fsp3) is 0.150. The molecule has 2 aliphatic rings. The molecule has 4 rings (SSSR count). The minimum absolute atomic E-state index is 0.0370. The lowest BCUT2D eigenvalue weighted by Crippen LogP contribution is -2.27. The van der Waals surface area contributed by atoms with Gasteiger partial charge in [0.2, 0.25) is 6.10 Å². The molecule has 8 heteroatoms.